The molecule has 0 saturated carbocycles. The van der Waals surface area contributed by atoms with Gasteiger partial charge in [0.1, 0.15) is 5.76 Å². The van der Waals surface area contributed by atoms with E-state index in [4.69, 9.17) is 11.6 Å². The molecule has 134 valence electrons. The summed E-state index contributed by atoms with van der Waals surface area (Å²) in [7, 11) is 0. The predicted molar refractivity (Wildman–Crippen MR) is 103 cm³/mol. The van der Waals surface area contributed by atoms with Crippen molar-refractivity contribution in [1.29, 1.82) is 0 Å². The lowest BCUT2D eigenvalue weighted by molar-refractivity contribution is -0.141. The highest BCUT2D eigenvalue weighted by Gasteiger charge is 2.46. The summed E-state index contributed by atoms with van der Waals surface area (Å²) >= 11 is 5.93. The number of aryl methyl sites for hydroxylation is 1. The van der Waals surface area contributed by atoms with E-state index in [2.05, 4.69) is 11.4 Å². The third-order valence-electron chi connectivity index (χ3n) is 5.38. The molecule has 4 rings (SSSR count). The van der Waals surface area contributed by atoms with Crippen molar-refractivity contribution in [2.45, 2.75) is 37.6 Å². The quantitative estimate of drug-likeness (QED) is 0.739. The monoisotopic (exact) mass is 369 g/mol. The van der Waals surface area contributed by atoms with E-state index in [1.807, 2.05) is 6.07 Å². The van der Waals surface area contributed by atoms with Crippen molar-refractivity contribution in [2.75, 3.05) is 5.32 Å². The molecule has 3 N–H and O–H groups in total. The summed E-state index contributed by atoms with van der Waals surface area (Å²) in [5, 5.41) is 24.5. The molecule has 0 radical (unpaired) electrons. The second-order valence-corrected chi connectivity index (χ2v) is 7.48. The Morgan fingerprint density at radius 3 is 2.58 bits per heavy atom. The van der Waals surface area contributed by atoms with Gasteiger partial charge in [0.2, 0.25) is 0 Å². The summed E-state index contributed by atoms with van der Waals surface area (Å²) in [5.74, 6) is -1.27. The Labute approximate surface area is 157 Å². The lowest BCUT2D eigenvalue weighted by Crippen LogP contribution is -2.51. The van der Waals surface area contributed by atoms with E-state index in [-0.39, 0.29) is 12.2 Å². The molecule has 0 fully saturated rings. The van der Waals surface area contributed by atoms with Gasteiger partial charge in [0.15, 0.2) is 5.54 Å². The van der Waals surface area contributed by atoms with Crippen molar-refractivity contribution in [1.82, 2.24) is 0 Å². The summed E-state index contributed by atoms with van der Waals surface area (Å²) < 4.78 is 0. The zero-order valence-electron chi connectivity index (χ0n) is 14.3. The van der Waals surface area contributed by atoms with E-state index in [1.54, 1.807) is 30.3 Å². The second kappa shape index (κ2) is 6.36. The van der Waals surface area contributed by atoms with Crippen LogP contribution in [0.4, 0.5) is 5.69 Å². The second-order valence-electron chi connectivity index (χ2n) is 7.04. The van der Waals surface area contributed by atoms with Gasteiger partial charge in [0.25, 0.3) is 0 Å². The normalized spacial score (nSPS) is 21.2. The van der Waals surface area contributed by atoms with Crippen molar-refractivity contribution < 1.29 is 15.0 Å². The van der Waals surface area contributed by atoms with Crippen LogP contribution in [-0.4, -0.2) is 21.7 Å². The Hall–Kier alpha value is -2.46. The van der Waals surface area contributed by atoms with Crippen molar-refractivity contribution in [2.24, 2.45) is 0 Å². The molecule has 5 heteroatoms. The number of aliphatic carboxylic acids is 1. The van der Waals surface area contributed by atoms with E-state index in [0.29, 0.717) is 5.02 Å². The third kappa shape index (κ3) is 2.74. The summed E-state index contributed by atoms with van der Waals surface area (Å²) in [6, 6.07) is 11.1. The molecule has 0 aromatic heterocycles. The van der Waals surface area contributed by atoms with Crippen LogP contribution in [0, 0.1) is 0 Å². The molecule has 0 saturated heterocycles. The standard InChI is InChI=1S/C21H20ClNO3/c22-16-9-5-13(6-10-16)12-21(20(25)26)18(24)11-15-8-7-14-3-1-2-4-17(14)19(15)23-21/h5-11,23-24H,1-4,12H2,(H,25,26). The number of hydrogen-bond acceptors (Lipinski definition) is 3. The summed E-state index contributed by atoms with van der Waals surface area (Å²) in [4.78, 5) is 12.2. The van der Waals surface area contributed by atoms with E-state index in [9.17, 15) is 15.0 Å². The molecule has 4 nitrogen and oxygen atoms in total. The number of carboxylic acid groups (broad SMARTS) is 1. The molecule has 1 aliphatic carbocycles. The lowest BCUT2D eigenvalue weighted by Gasteiger charge is -2.37. The van der Waals surface area contributed by atoms with Crippen molar-refractivity contribution >= 4 is 29.3 Å². The van der Waals surface area contributed by atoms with E-state index in [1.165, 1.54) is 11.1 Å². The molecular formula is C21H20ClNO3. The van der Waals surface area contributed by atoms with E-state index in [0.717, 1.165) is 42.5 Å². The molecular weight excluding hydrogens is 350 g/mol. The number of benzene rings is 2. The van der Waals surface area contributed by atoms with Crippen molar-refractivity contribution in [3.63, 3.8) is 0 Å². The summed E-state index contributed by atoms with van der Waals surface area (Å²) in [5.41, 5.74) is 3.35. The molecule has 1 heterocycles. The fraction of sp³-hybridized carbons (Fsp3) is 0.286. The molecule has 2 aromatic rings. The largest absolute Gasteiger partial charge is 0.509 e. The van der Waals surface area contributed by atoms with Crippen LogP contribution in [0.3, 0.4) is 0 Å². The van der Waals surface area contributed by atoms with Gasteiger partial charge in [-0.25, -0.2) is 4.79 Å². The van der Waals surface area contributed by atoms with Crippen LogP contribution in [0.15, 0.2) is 42.2 Å². The number of carbonyl (C=O) groups is 1. The average Bonchev–Trinajstić information content (AvgIpc) is 2.64. The Bertz CT molecular complexity index is 904. The fourth-order valence-corrected chi connectivity index (χ4v) is 4.07. The highest BCUT2D eigenvalue weighted by Crippen LogP contribution is 2.40. The minimum Gasteiger partial charge on any atom is -0.509 e. The number of carboxylic acids is 1. The Morgan fingerprint density at radius 1 is 1.12 bits per heavy atom. The van der Waals surface area contributed by atoms with Gasteiger partial charge in [-0.2, -0.15) is 0 Å². The minimum absolute atomic E-state index is 0.130. The van der Waals surface area contributed by atoms with Gasteiger partial charge in [-0.3, -0.25) is 0 Å². The highest BCUT2D eigenvalue weighted by atomic mass is 35.5. The minimum atomic E-state index is -1.58. The maximum absolute atomic E-state index is 12.2. The van der Waals surface area contributed by atoms with Crippen LogP contribution < -0.4 is 5.32 Å². The first-order valence-corrected chi connectivity index (χ1v) is 9.19. The van der Waals surface area contributed by atoms with E-state index >= 15 is 0 Å². The van der Waals surface area contributed by atoms with Crippen molar-refractivity contribution in [3.8, 4) is 0 Å². The molecule has 2 aliphatic rings. The molecule has 0 spiro atoms. The van der Waals surface area contributed by atoms with Crippen LogP contribution in [0.1, 0.15) is 35.1 Å². The summed E-state index contributed by atoms with van der Waals surface area (Å²) in [6.45, 7) is 0. The van der Waals surface area contributed by atoms with Crippen molar-refractivity contribution in [3.05, 3.63) is 69.4 Å². The zero-order chi connectivity index (χ0) is 18.3. The molecule has 1 atom stereocenters. The Kier molecular flexibility index (Phi) is 4.16. The first-order chi connectivity index (χ1) is 12.5. The summed E-state index contributed by atoms with van der Waals surface area (Å²) in [6.07, 6.45) is 5.91. The number of anilines is 1. The molecule has 2 aromatic carbocycles. The van der Waals surface area contributed by atoms with Gasteiger partial charge >= 0.3 is 5.97 Å². The predicted octanol–water partition coefficient (Wildman–Crippen LogP) is 4.61. The van der Waals surface area contributed by atoms with Crippen LogP contribution in [0.2, 0.25) is 5.02 Å². The zero-order valence-corrected chi connectivity index (χ0v) is 15.0. The van der Waals surface area contributed by atoms with E-state index < -0.39 is 11.5 Å². The van der Waals surface area contributed by atoms with Crippen LogP contribution in [0.25, 0.3) is 6.08 Å². The molecule has 1 unspecified atom stereocenters. The van der Waals surface area contributed by atoms with Gasteiger partial charge in [-0.05, 0) is 60.6 Å². The van der Waals surface area contributed by atoms with Gasteiger partial charge in [0.05, 0.1) is 0 Å². The van der Waals surface area contributed by atoms with Crippen LogP contribution in [0.5, 0.6) is 0 Å². The third-order valence-corrected chi connectivity index (χ3v) is 5.63. The Balaban J connectivity index is 1.80. The number of aliphatic hydroxyl groups excluding tert-OH is 1. The van der Waals surface area contributed by atoms with Gasteiger partial charge in [0, 0.05) is 22.7 Å². The number of fused-ring (bicyclic) bond motifs is 3. The maximum Gasteiger partial charge on any atom is 0.337 e. The fourth-order valence-electron chi connectivity index (χ4n) is 3.94. The molecule has 26 heavy (non-hydrogen) atoms. The number of aliphatic hydroxyl groups is 1. The van der Waals surface area contributed by atoms with Crippen LogP contribution >= 0.6 is 11.6 Å². The SMILES string of the molecule is O=C(O)C1(Cc2ccc(Cl)cc2)Nc2c(ccc3c2CCCC3)C=C1O. The maximum atomic E-state index is 12.2. The number of hydrogen-bond donors (Lipinski definition) is 3. The molecule has 0 amide bonds. The van der Waals surface area contributed by atoms with Gasteiger partial charge in [-0.1, -0.05) is 35.9 Å². The van der Waals surface area contributed by atoms with Gasteiger partial charge in [-0.15, -0.1) is 0 Å². The first kappa shape index (κ1) is 17.0. The molecule has 0 bridgehead atoms. The average molecular weight is 370 g/mol. The lowest BCUT2D eigenvalue weighted by atomic mass is 9.81. The number of nitrogens with one attached hydrogen (secondary N) is 1. The smallest absolute Gasteiger partial charge is 0.337 e. The topological polar surface area (TPSA) is 69.6 Å². The first-order valence-electron chi connectivity index (χ1n) is 8.81. The Morgan fingerprint density at radius 2 is 1.85 bits per heavy atom. The molecule has 1 aliphatic heterocycles. The number of halogens is 1. The van der Waals surface area contributed by atoms with Gasteiger partial charge < -0.3 is 15.5 Å². The number of rotatable bonds is 3. The van der Waals surface area contributed by atoms with Crippen LogP contribution in [-0.2, 0) is 24.1 Å². The highest BCUT2D eigenvalue weighted by molar-refractivity contribution is 6.30.